The van der Waals surface area contributed by atoms with E-state index < -0.39 is 29.0 Å². The highest BCUT2D eigenvalue weighted by molar-refractivity contribution is 5.84. The Morgan fingerprint density at radius 1 is 1.17 bits per heavy atom. The zero-order valence-corrected chi connectivity index (χ0v) is 19.3. The van der Waals surface area contributed by atoms with Gasteiger partial charge in [-0.15, -0.1) is 0 Å². The Labute approximate surface area is 201 Å². The molecule has 0 amide bonds. The summed E-state index contributed by atoms with van der Waals surface area (Å²) >= 11 is 0. The number of carbonyl (C=O) groups excluding carboxylic acids is 1. The highest BCUT2D eigenvalue weighted by Crippen LogP contribution is 2.31. The first-order chi connectivity index (χ1) is 16.9. The summed E-state index contributed by atoms with van der Waals surface area (Å²) in [5.41, 5.74) is -0.0562. The number of Topliss-reactive ketones (excluding diaryl/α,β-unsaturated/α-hetero) is 1. The molecule has 1 fully saturated rings. The van der Waals surface area contributed by atoms with Crippen molar-refractivity contribution in [2.45, 2.75) is 57.5 Å². The largest absolute Gasteiger partial charge is 0.449 e. The first-order valence-corrected chi connectivity index (χ1v) is 11.8. The molecule has 1 saturated carbocycles. The third-order valence-corrected chi connectivity index (χ3v) is 6.27. The smallest absolute Gasteiger partial charge is 0.271 e. The molecular weight excluding hydrogens is 458 g/mol. The Morgan fingerprint density at radius 3 is 2.60 bits per heavy atom. The van der Waals surface area contributed by atoms with Crippen molar-refractivity contribution in [2.24, 2.45) is 5.92 Å². The van der Waals surface area contributed by atoms with E-state index in [2.05, 4.69) is 10.2 Å². The van der Waals surface area contributed by atoms with Crippen LogP contribution in [0.2, 0.25) is 0 Å². The number of ether oxygens (including phenoxy) is 1. The van der Waals surface area contributed by atoms with Gasteiger partial charge in [0.05, 0.1) is 31.5 Å². The molecule has 0 radical (unpaired) electrons. The molecule has 0 spiro atoms. The first-order valence-electron chi connectivity index (χ1n) is 11.8. The van der Waals surface area contributed by atoms with E-state index in [0.29, 0.717) is 24.6 Å². The summed E-state index contributed by atoms with van der Waals surface area (Å²) in [7, 11) is 0. The molecule has 186 valence electrons. The summed E-state index contributed by atoms with van der Waals surface area (Å²) in [5, 5.41) is 17.5. The van der Waals surface area contributed by atoms with Crippen LogP contribution in [0.25, 0.3) is 0 Å². The molecule has 0 aliphatic heterocycles. The monoisotopic (exact) mass is 486 g/mol. The molecular formula is C25H28F2N4O4. The van der Waals surface area contributed by atoms with Crippen molar-refractivity contribution < 1.29 is 23.4 Å². The van der Waals surface area contributed by atoms with Gasteiger partial charge in [-0.25, -0.2) is 13.5 Å². The molecule has 10 heteroatoms. The van der Waals surface area contributed by atoms with Gasteiger partial charge in [-0.05, 0) is 30.5 Å². The quantitative estimate of drug-likeness (QED) is 0.468. The standard InChI is InChI=1S/C25H28F2N4O4/c26-20-7-4-8-21(27)25(20)35-19-15-24(34)31(28-16-19)22(13-17-5-2-1-3-6-17)23(33)14-18-9-10-30(29-18)11-12-32/h4,7-10,15-17,22,32H,1-3,5-6,11-14H2/t22-/m1/s1. The van der Waals surface area contributed by atoms with Crippen LogP contribution in [-0.4, -0.2) is 37.1 Å². The molecule has 1 aliphatic carbocycles. The second-order valence-corrected chi connectivity index (χ2v) is 8.82. The predicted octanol–water partition coefficient (Wildman–Crippen LogP) is 3.83. The highest BCUT2D eigenvalue weighted by atomic mass is 19.1. The molecule has 1 aromatic carbocycles. The van der Waals surface area contributed by atoms with Crippen LogP contribution in [0.15, 0.2) is 47.5 Å². The number of aliphatic hydroxyl groups is 1. The molecule has 4 rings (SSSR count). The summed E-state index contributed by atoms with van der Waals surface area (Å²) in [6.45, 7) is 0.259. The number of nitrogens with zero attached hydrogens (tertiary/aromatic N) is 4. The molecule has 2 heterocycles. The molecule has 35 heavy (non-hydrogen) atoms. The van der Waals surface area contributed by atoms with Crippen molar-refractivity contribution in [2.75, 3.05) is 6.61 Å². The lowest BCUT2D eigenvalue weighted by atomic mass is 9.83. The van der Waals surface area contributed by atoms with E-state index in [9.17, 15) is 18.4 Å². The maximum Gasteiger partial charge on any atom is 0.271 e. The molecule has 0 saturated heterocycles. The van der Waals surface area contributed by atoms with Gasteiger partial charge in [-0.1, -0.05) is 38.2 Å². The topological polar surface area (TPSA) is 99.2 Å². The Balaban J connectivity index is 1.57. The van der Waals surface area contributed by atoms with Crippen molar-refractivity contribution in [1.29, 1.82) is 0 Å². The number of hydrogen-bond donors (Lipinski definition) is 1. The third-order valence-electron chi connectivity index (χ3n) is 6.27. The fraction of sp³-hybridized carbons (Fsp3) is 0.440. The Bertz CT molecular complexity index is 1200. The van der Waals surface area contributed by atoms with Crippen molar-refractivity contribution in [3.63, 3.8) is 0 Å². The van der Waals surface area contributed by atoms with E-state index in [1.807, 2.05) is 0 Å². The Kier molecular flexibility index (Phi) is 8.02. The minimum Gasteiger partial charge on any atom is -0.449 e. The number of hydrogen-bond acceptors (Lipinski definition) is 6. The molecule has 1 aliphatic rings. The van der Waals surface area contributed by atoms with Crippen molar-refractivity contribution >= 4 is 5.78 Å². The summed E-state index contributed by atoms with van der Waals surface area (Å²) in [6.07, 6.45) is 8.66. The molecule has 1 N–H and O–H groups in total. The minimum atomic E-state index is -0.903. The van der Waals surface area contributed by atoms with Crippen LogP contribution in [0, 0.1) is 17.6 Å². The van der Waals surface area contributed by atoms with E-state index in [4.69, 9.17) is 9.84 Å². The molecule has 0 unspecified atom stereocenters. The second-order valence-electron chi connectivity index (χ2n) is 8.82. The molecule has 1 atom stereocenters. The van der Waals surface area contributed by atoms with Crippen LogP contribution in [0.5, 0.6) is 11.5 Å². The summed E-state index contributed by atoms with van der Waals surface area (Å²) in [4.78, 5) is 26.3. The third kappa shape index (κ3) is 6.19. The lowest BCUT2D eigenvalue weighted by Crippen LogP contribution is -2.34. The van der Waals surface area contributed by atoms with Gasteiger partial charge in [0.1, 0.15) is 6.04 Å². The van der Waals surface area contributed by atoms with E-state index in [-0.39, 0.29) is 24.6 Å². The normalized spacial score (nSPS) is 15.2. The SMILES string of the molecule is O=C(Cc1ccn(CCO)n1)[C@@H](CC1CCCCC1)n1ncc(Oc2c(F)cccc2F)cc1=O. The zero-order valence-electron chi connectivity index (χ0n) is 19.3. The number of carbonyl (C=O) groups is 1. The second kappa shape index (κ2) is 11.4. The number of aromatic nitrogens is 4. The van der Waals surface area contributed by atoms with Crippen LogP contribution in [0.1, 0.15) is 50.3 Å². The maximum absolute atomic E-state index is 13.9. The number of para-hydroxylation sites is 1. The lowest BCUT2D eigenvalue weighted by molar-refractivity contribution is -0.122. The Hall–Kier alpha value is -3.40. The lowest BCUT2D eigenvalue weighted by Gasteiger charge is -2.26. The minimum absolute atomic E-state index is 0.0165. The summed E-state index contributed by atoms with van der Waals surface area (Å²) < 4.78 is 35.8. The van der Waals surface area contributed by atoms with Gasteiger partial charge in [0.15, 0.2) is 28.9 Å². The van der Waals surface area contributed by atoms with Crippen LogP contribution >= 0.6 is 0 Å². The van der Waals surface area contributed by atoms with Crippen LogP contribution in [0.3, 0.4) is 0 Å². The molecule has 8 nitrogen and oxygen atoms in total. The van der Waals surface area contributed by atoms with Gasteiger partial charge in [0.25, 0.3) is 5.56 Å². The van der Waals surface area contributed by atoms with Gasteiger partial charge in [-0.3, -0.25) is 14.3 Å². The van der Waals surface area contributed by atoms with Gasteiger partial charge in [0, 0.05) is 12.3 Å². The summed E-state index contributed by atoms with van der Waals surface area (Å²) in [5.74, 6) is -2.46. The van der Waals surface area contributed by atoms with Gasteiger partial charge in [-0.2, -0.15) is 10.2 Å². The highest BCUT2D eigenvalue weighted by Gasteiger charge is 2.28. The van der Waals surface area contributed by atoms with E-state index in [1.54, 1.807) is 16.9 Å². The Morgan fingerprint density at radius 2 is 1.91 bits per heavy atom. The van der Waals surface area contributed by atoms with Gasteiger partial charge >= 0.3 is 0 Å². The van der Waals surface area contributed by atoms with Crippen molar-refractivity contribution in [3.8, 4) is 11.5 Å². The maximum atomic E-state index is 13.9. The number of ketones is 1. The molecule has 3 aromatic rings. The average Bonchev–Trinajstić information content (AvgIpc) is 3.28. The van der Waals surface area contributed by atoms with Gasteiger partial charge in [0.2, 0.25) is 0 Å². The average molecular weight is 487 g/mol. The van der Waals surface area contributed by atoms with E-state index >= 15 is 0 Å². The number of benzene rings is 1. The van der Waals surface area contributed by atoms with E-state index in [1.165, 1.54) is 12.3 Å². The number of aliphatic hydroxyl groups excluding tert-OH is 1. The fourth-order valence-corrected chi connectivity index (χ4v) is 4.52. The van der Waals surface area contributed by atoms with E-state index in [0.717, 1.165) is 55.0 Å². The van der Waals surface area contributed by atoms with Crippen LogP contribution < -0.4 is 10.3 Å². The number of rotatable bonds is 10. The first kappa shape index (κ1) is 24.7. The number of halogens is 2. The summed E-state index contributed by atoms with van der Waals surface area (Å²) in [6, 6.07) is 5.30. The fourth-order valence-electron chi connectivity index (χ4n) is 4.52. The zero-order chi connectivity index (χ0) is 24.8. The molecule has 0 bridgehead atoms. The van der Waals surface area contributed by atoms with Crippen molar-refractivity contribution in [1.82, 2.24) is 19.6 Å². The predicted molar refractivity (Wildman–Crippen MR) is 123 cm³/mol. The van der Waals surface area contributed by atoms with Crippen LogP contribution in [0.4, 0.5) is 8.78 Å². The molecule has 2 aromatic heterocycles. The van der Waals surface area contributed by atoms with Crippen LogP contribution in [-0.2, 0) is 17.8 Å². The van der Waals surface area contributed by atoms with Gasteiger partial charge < -0.3 is 9.84 Å². The van der Waals surface area contributed by atoms with Crippen molar-refractivity contribution in [3.05, 3.63) is 70.4 Å².